The average molecular weight is 437 g/mol. The minimum atomic E-state index is -0.695. The van der Waals surface area contributed by atoms with E-state index < -0.39 is 6.04 Å². The number of rotatable bonds is 6. The van der Waals surface area contributed by atoms with E-state index in [1.54, 1.807) is 11.0 Å². The van der Waals surface area contributed by atoms with Gasteiger partial charge >= 0.3 is 0 Å². The second kappa shape index (κ2) is 8.74. The van der Waals surface area contributed by atoms with Gasteiger partial charge in [-0.05, 0) is 28.8 Å². The van der Waals surface area contributed by atoms with E-state index in [1.165, 1.54) is 0 Å². The van der Waals surface area contributed by atoms with Gasteiger partial charge in [-0.3, -0.25) is 14.3 Å². The van der Waals surface area contributed by atoms with Crippen LogP contribution in [0.15, 0.2) is 91.0 Å². The first-order valence-electron chi connectivity index (χ1n) is 10.9. The van der Waals surface area contributed by atoms with Crippen molar-refractivity contribution >= 4 is 11.8 Å². The van der Waals surface area contributed by atoms with Crippen molar-refractivity contribution in [3.63, 3.8) is 0 Å². The third kappa shape index (κ3) is 4.03. The number of hydrogen-bond donors (Lipinski definition) is 1. The third-order valence-corrected chi connectivity index (χ3v) is 5.95. The van der Waals surface area contributed by atoms with Crippen molar-refractivity contribution in [3.8, 4) is 11.3 Å². The molecule has 0 aliphatic carbocycles. The van der Waals surface area contributed by atoms with E-state index in [9.17, 15) is 9.59 Å². The van der Waals surface area contributed by atoms with Crippen LogP contribution in [0, 0.1) is 0 Å². The van der Waals surface area contributed by atoms with Crippen LogP contribution in [0.2, 0.25) is 0 Å². The van der Waals surface area contributed by atoms with Gasteiger partial charge < -0.3 is 10.2 Å². The third-order valence-electron chi connectivity index (χ3n) is 5.95. The predicted octanol–water partition coefficient (Wildman–Crippen LogP) is 4.10. The smallest absolute Gasteiger partial charge is 0.255 e. The molecule has 1 aromatic heterocycles. The maximum absolute atomic E-state index is 13.3. The molecule has 3 aromatic carbocycles. The molecule has 6 nitrogen and oxygen atoms in total. The molecule has 5 rings (SSSR count). The highest BCUT2D eigenvalue weighted by atomic mass is 16.2. The lowest BCUT2D eigenvalue weighted by atomic mass is 10.0. The van der Waals surface area contributed by atoms with Gasteiger partial charge in [-0.25, -0.2) is 0 Å². The Morgan fingerprint density at radius 1 is 0.939 bits per heavy atom. The van der Waals surface area contributed by atoms with Crippen LogP contribution in [-0.4, -0.2) is 26.5 Å². The summed E-state index contributed by atoms with van der Waals surface area (Å²) in [7, 11) is 1.89. The first-order valence-corrected chi connectivity index (χ1v) is 10.9. The molecule has 6 heteroatoms. The van der Waals surface area contributed by atoms with Gasteiger partial charge in [0.2, 0.25) is 5.91 Å². The predicted molar refractivity (Wildman–Crippen MR) is 126 cm³/mol. The van der Waals surface area contributed by atoms with Gasteiger partial charge in [0.25, 0.3) is 5.91 Å². The van der Waals surface area contributed by atoms with Gasteiger partial charge in [0, 0.05) is 19.2 Å². The van der Waals surface area contributed by atoms with Crippen molar-refractivity contribution in [2.24, 2.45) is 7.05 Å². The van der Waals surface area contributed by atoms with Gasteiger partial charge in [0.05, 0.1) is 17.9 Å². The lowest BCUT2D eigenvalue weighted by Gasteiger charge is -2.24. The Morgan fingerprint density at radius 2 is 1.61 bits per heavy atom. The lowest BCUT2D eigenvalue weighted by Crippen LogP contribution is -2.38. The van der Waals surface area contributed by atoms with Gasteiger partial charge in [0.15, 0.2) is 0 Å². The second-order valence-corrected chi connectivity index (χ2v) is 8.14. The van der Waals surface area contributed by atoms with Gasteiger partial charge in [-0.15, -0.1) is 0 Å². The highest BCUT2D eigenvalue weighted by Crippen LogP contribution is 2.35. The molecule has 0 fully saturated rings. The molecule has 1 aliphatic rings. The summed E-state index contributed by atoms with van der Waals surface area (Å²) in [6.45, 7) is 0.653. The molecule has 0 spiro atoms. The van der Waals surface area contributed by atoms with Crippen molar-refractivity contribution in [1.82, 2.24) is 20.0 Å². The number of aryl methyl sites for hydroxylation is 1. The molecular formula is C27H24N4O2. The van der Waals surface area contributed by atoms with E-state index in [-0.39, 0.29) is 18.4 Å². The largest absolute Gasteiger partial charge is 0.350 e. The minimum absolute atomic E-state index is 0.155. The Labute approximate surface area is 192 Å². The number of nitrogens with zero attached hydrogens (tertiary/aromatic N) is 3. The SMILES string of the molecule is Cn1nc(CN2C(=O)c3ccccc3C2C(=O)NCc2ccccc2)cc1-c1ccccc1. The second-order valence-electron chi connectivity index (χ2n) is 8.14. The quantitative estimate of drug-likeness (QED) is 0.495. The van der Waals surface area contributed by atoms with Crippen LogP contribution in [0.25, 0.3) is 11.3 Å². The van der Waals surface area contributed by atoms with Gasteiger partial charge in [-0.2, -0.15) is 5.10 Å². The Hall–Kier alpha value is -4.19. The number of nitrogens with one attached hydrogen (secondary N) is 1. The average Bonchev–Trinajstić information content (AvgIpc) is 3.36. The Balaban J connectivity index is 1.42. The Bertz CT molecular complexity index is 1300. The Kier molecular flexibility index (Phi) is 5.48. The number of fused-ring (bicyclic) bond motifs is 1. The number of amides is 2. The molecule has 2 heterocycles. The van der Waals surface area contributed by atoms with Crippen LogP contribution in [0.1, 0.15) is 33.2 Å². The number of carbonyl (C=O) groups excluding carboxylic acids is 2. The molecule has 0 saturated carbocycles. The number of carbonyl (C=O) groups is 2. The zero-order valence-electron chi connectivity index (χ0n) is 18.3. The van der Waals surface area contributed by atoms with Crippen molar-refractivity contribution in [3.05, 3.63) is 113 Å². The molecule has 4 aromatic rings. The summed E-state index contributed by atoms with van der Waals surface area (Å²) in [6, 6.07) is 28.3. The van der Waals surface area contributed by atoms with Crippen molar-refractivity contribution in [2.45, 2.75) is 19.1 Å². The lowest BCUT2D eigenvalue weighted by molar-refractivity contribution is -0.125. The van der Waals surface area contributed by atoms with Crippen molar-refractivity contribution in [2.75, 3.05) is 0 Å². The Morgan fingerprint density at radius 3 is 2.36 bits per heavy atom. The first-order chi connectivity index (χ1) is 16.1. The fourth-order valence-electron chi connectivity index (χ4n) is 4.36. The normalized spacial score (nSPS) is 14.9. The number of aromatic nitrogens is 2. The summed E-state index contributed by atoms with van der Waals surface area (Å²) in [5.41, 5.74) is 5.04. The minimum Gasteiger partial charge on any atom is -0.350 e. The van der Waals surface area contributed by atoms with E-state index in [0.717, 1.165) is 28.1 Å². The molecule has 0 bridgehead atoms. The van der Waals surface area contributed by atoms with E-state index in [4.69, 9.17) is 0 Å². The van der Waals surface area contributed by atoms with Crippen molar-refractivity contribution in [1.29, 1.82) is 0 Å². The molecule has 0 saturated heterocycles. The van der Waals surface area contributed by atoms with E-state index in [1.807, 2.05) is 96.7 Å². The molecule has 1 N–H and O–H groups in total. The van der Waals surface area contributed by atoms with Crippen molar-refractivity contribution < 1.29 is 9.59 Å². The van der Waals surface area contributed by atoms with Gasteiger partial charge in [-0.1, -0.05) is 78.9 Å². The van der Waals surface area contributed by atoms with Crippen LogP contribution in [0.4, 0.5) is 0 Å². The van der Waals surface area contributed by atoms with E-state index >= 15 is 0 Å². The van der Waals surface area contributed by atoms with Crippen LogP contribution >= 0.6 is 0 Å². The molecule has 1 aliphatic heterocycles. The zero-order chi connectivity index (χ0) is 22.8. The number of benzene rings is 3. The summed E-state index contributed by atoms with van der Waals surface area (Å²) in [4.78, 5) is 28.2. The highest BCUT2D eigenvalue weighted by Gasteiger charge is 2.41. The monoisotopic (exact) mass is 436 g/mol. The standard InChI is InChI=1S/C27H24N4O2/c1-30-24(20-12-6-3-7-13-20)16-21(29-30)18-31-25(22-14-8-9-15-23(22)27(31)33)26(32)28-17-19-10-4-2-5-11-19/h2-16,25H,17-18H2,1H3,(H,28,32). The summed E-state index contributed by atoms with van der Waals surface area (Å²) in [6.07, 6.45) is 0. The van der Waals surface area contributed by atoms with Crippen LogP contribution in [-0.2, 0) is 24.9 Å². The van der Waals surface area contributed by atoms with Gasteiger partial charge in [0.1, 0.15) is 6.04 Å². The van der Waals surface area contributed by atoms with Crippen LogP contribution < -0.4 is 5.32 Å². The fourth-order valence-corrected chi connectivity index (χ4v) is 4.36. The summed E-state index contributed by atoms with van der Waals surface area (Å²) in [5.74, 6) is -0.353. The maximum Gasteiger partial charge on any atom is 0.255 e. The van der Waals surface area contributed by atoms with Crippen LogP contribution in [0.5, 0.6) is 0 Å². The topological polar surface area (TPSA) is 67.2 Å². The summed E-state index contributed by atoms with van der Waals surface area (Å²) >= 11 is 0. The first kappa shape index (κ1) is 20.7. The van der Waals surface area contributed by atoms with E-state index in [0.29, 0.717) is 12.1 Å². The highest BCUT2D eigenvalue weighted by molar-refractivity contribution is 6.04. The maximum atomic E-state index is 13.3. The molecule has 0 radical (unpaired) electrons. The molecular weight excluding hydrogens is 412 g/mol. The molecule has 164 valence electrons. The summed E-state index contributed by atoms with van der Waals surface area (Å²) < 4.78 is 1.81. The molecule has 1 atom stereocenters. The zero-order valence-corrected chi connectivity index (χ0v) is 18.3. The fraction of sp³-hybridized carbons (Fsp3) is 0.148. The summed E-state index contributed by atoms with van der Waals surface area (Å²) in [5, 5.41) is 7.63. The molecule has 33 heavy (non-hydrogen) atoms. The van der Waals surface area contributed by atoms with E-state index in [2.05, 4.69) is 10.4 Å². The number of hydrogen-bond acceptors (Lipinski definition) is 3. The molecule has 1 unspecified atom stereocenters. The molecule has 2 amide bonds. The van der Waals surface area contributed by atoms with Crippen LogP contribution in [0.3, 0.4) is 0 Å².